The van der Waals surface area contributed by atoms with Gasteiger partial charge in [0.2, 0.25) is 0 Å². The van der Waals surface area contributed by atoms with Crippen LogP contribution >= 0.6 is 0 Å². The molecule has 1 aromatic carbocycles. The van der Waals surface area contributed by atoms with Crippen molar-refractivity contribution in [1.29, 1.82) is 0 Å². The molecule has 24 heavy (non-hydrogen) atoms. The van der Waals surface area contributed by atoms with Crippen molar-refractivity contribution in [3.63, 3.8) is 0 Å². The van der Waals surface area contributed by atoms with E-state index in [0.717, 1.165) is 49.2 Å². The van der Waals surface area contributed by atoms with E-state index in [1.165, 1.54) is 0 Å². The van der Waals surface area contributed by atoms with Gasteiger partial charge in [0.1, 0.15) is 5.82 Å². The summed E-state index contributed by atoms with van der Waals surface area (Å²) in [5.74, 6) is 2.41. The highest BCUT2D eigenvalue weighted by Gasteiger charge is 2.24. The van der Waals surface area contributed by atoms with Crippen LogP contribution in [-0.2, 0) is 11.3 Å². The summed E-state index contributed by atoms with van der Waals surface area (Å²) in [5.41, 5.74) is 2.17. The summed E-state index contributed by atoms with van der Waals surface area (Å²) in [6.45, 7) is 3.44. The van der Waals surface area contributed by atoms with E-state index in [0.29, 0.717) is 12.5 Å². The van der Waals surface area contributed by atoms with Gasteiger partial charge in [-0.2, -0.15) is 0 Å². The van der Waals surface area contributed by atoms with Gasteiger partial charge in [0.25, 0.3) is 0 Å². The Bertz CT molecular complexity index is 667. The quantitative estimate of drug-likeness (QED) is 0.652. The molecule has 2 heterocycles. The van der Waals surface area contributed by atoms with Crippen LogP contribution < -0.4 is 5.32 Å². The van der Waals surface area contributed by atoms with Crippen molar-refractivity contribution in [2.75, 3.05) is 33.9 Å². The molecule has 1 aromatic heterocycles. The summed E-state index contributed by atoms with van der Waals surface area (Å²) in [5, 5.41) is 3.40. The molecule has 6 heteroatoms. The highest BCUT2D eigenvalue weighted by atomic mass is 16.5. The van der Waals surface area contributed by atoms with Crippen LogP contribution in [0.4, 0.5) is 0 Å². The zero-order valence-electron chi connectivity index (χ0n) is 14.3. The number of nitrogens with zero attached hydrogens (tertiary/aromatic N) is 3. The molecule has 0 saturated carbocycles. The minimum Gasteiger partial charge on any atom is -0.384 e. The van der Waals surface area contributed by atoms with Crippen LogP contribution in [0.15, 0.2) is 41.5 Å². The molecule has 1 aliphatic heterocycles. The maximum Gasteiger partial charge on any atom is 0.194 e. The number of rotatable bonds is 5. The Hall–Kier alpha value is -2.34. The number of imidazole rings is 1. The normalized spacial score (nSPS) is 18.2. The number of aliphatic imine (C=N–C) groups is 1. The molecule has 1 fully saturated rings. The summed E-state index contributed by atoms with van der Waals surface area (Å²) in [6.07, 6.45) is 3.02. The first-order valence-corrected chi connectivity index (χ1v) is 8.34. The number of hydrogen-bond acceptors (Lipinski definition) is 3. The summed E-state index contributed by atoms with van der Waals surface area (Å²) in [7, 11) is 3.58. The van der Waals surface area contributed by atoms with E-state index in [9.17, 15) is 0 Å². The van der Waals surface area contributed by atoms with E-state index in [4.69, 9.17) is 4.74 Å². The predicted octanol–water partition coefficient (Wildman–Crippen LogP) is 2.12. The number of aromatic nitrogens is 2. The molecule has 1 aliphatic rings. The van der Waals surface area contributed by atoms with E-state index in [-0.39, 0.29) is 0 Å². The van der Waals surface area contributed by atoms with Gasteiger partial charge in [-0.1, -0.05) is 30.3 Å². The van der Waals surface area contributed by atoms with Crippen molar-refractivity contribution in [3.8, 4) is 11.3 Å². The molecule has 2 aromatic rings. The molecule has 2 N–H and O–H groups in total. The maximum absolute atomic E-state index is 5.26. The summed E-state index contributed by atoms with van der Waals surface area (Å²) in [6, 6.07) is 10.2. The van der Waals surface area contributed by atoms with Crippen molar-refractivity contribution >= 4 is 5.96 Å². The molecule has 0 aliphatic carbocycles. The first kappa shape index (κ1) is 16.5. The molecule has 3 rings (SSSR count). The average Bonchev–Trinajstić information content (AvgIpc) is 3.27. The zero-order chi connectivity index (χ0) is 16.8. The Balaban J connectivity index is 1.56. The molecule has 6 nitrogen and oxygen atoms in total. The standard InChI is InChI=1S/C18H25N5O/c1-19-18(23-9-8-14(12-23)13-24-2)21-11-17-20-10-16(22-17)15-6-4-3-5-7-15/h3-7,10,14H,8-9,11-13H2,1-2H3,(H,19,21)(H,20,22). The third kappa shape index (κ3) is 3.94. The van der Waals surface area contributed by atoms with Gasteiger partial charge >= 0.3 is 0 Å². The number of benzene rings is 1. The lowest BCUT2D eigenvalue weighted by Crippen LogP contribution is -2.40. The lowest BCUT2D eigenvalue weighted by molar-refractivity contribution is 0.157. The van der Waals surface area contributed by atoms with Crippen molar-refractivity contribution in [2.24, 2.45) is 10.9 Å². The van der Waals surface area contributed by atoms with Crippen molar-refractivity contribution in [3.05, 3.63) is 42.4 Å². The second-order valence-corrected chi connectivity index (χ2v) is 6.07. The predicted molar refractivity (Wildman–Crippen MR) is 95.8 cm³/mol. The summed E-state index contributed by atoms with van der Waals surface area (Å²) < 4.78 is 5.26. The number of likely N-dealkylation sites (tertiary alicyclic amines) is 1. The van der Waals surface area contributed by atoms with Gasteiger partial charge in [0, 0.05) is 33.2 Å². The number of methoxy groups -OCH3 is 1. The molecular weight excluding hydrogens is 302 g/mol. The lowest BCUT2D eigenvalue weighted by Gasteiger charge is -2.21. The van der Waals surface area contributed by atoms with Gasteiger partial charge in [-0.15, -0.1) is 0 Å². The molecule has 1 saturated heterocycles. The molecule has 0 radical (unpaired) electrons. The second-order valence-electron chi connectivity index (χ2n) is 6.07. The lowest BCUT2D eigenvalue weighted by atomic mass is 10.1. The van der Waals surface area contributed by atoms with Crippen LogP contribution in [0, 0.1) is 5.92 Å². The Morgan fingerprint density at radius 3 is 3.00 bits per heavy atom. The minimum absolute atomic E-state index is 0.585. The minimum atomic E-state index is 0.585. The Labute approximate surface area is 143 Å². The maximum atomic E-state index is 5.26. The fraction of sp³-hybridized carbons (Fsp3) is 0.444. The van der Waals surface area contributed by atoms with E-state index in [1.54, 1.807) is 7.11 Å². The van der Waals surface area contributed by atoms with Gasteiger partial charge in [0.05, 0.1) is 25.0 Å². The Morgan fingerprint density at radius 2 is 2.25 bits per heavy atom. The largest absolute Gasteiger partial charge is 0.384 e. The third-order valence-corrected chi connectivity index (χ3v) is 4.33. The van der Waals surface area contributed by atoms with Crippen molar-refractivity contribution in [1.82, 2.24) is 20.2 Å². The van der Waals surface area contributed by atoms with E-state index in [1.807, 2.05) is 31.4 Å². The third-order valence-electron chi connectivity index (χ3n) is 4.33. The van der Waals surface area contributed by atoms with E-state index >= 15 is 0 Å². The second kappa shape index (κ2) is 7.97. The van der Waals surface area contributed by atoms with Crippen LogP contribution in [0.5, 0.6) is 0 Å². The molecular formula is C18H25N5O. The Kier molecular flexibility index (Phi) is 5.48. The molecule has 0 bridgehead atoms. The first-order valence-electron chi connectivity index (χ1n) is 8.34. The average molecular weight is 327 g/mol. The van der Waals surface area contributed by atoms with Crippen molar-refractivity contribution < 1.29 is 4.74 Å². The smallest absolute Gasteiger partial charge is 0.194 e. The fourth-order valence-corrected chi connectivity index (χ4v) is 3.11. The molecule has 0 spiro atoms. The number of nitrogens with one attached hydrogen (secondary N) is 2. The summed E-state index contributed by atoms with van der Waals surface area (Å²) >= 11 is 0. The number of aromatic amines is 1. The summed E-state index contributed by atoms with van der Waals surface area (Å²) in [4.78, 5) is 14.5. The zero-order valence-corrected chi connectivity index (χ0v) is 14.3. The molecule has 1 atom stereocenters. The number of H-pyrrole nitrogens is 1. The monoisotopic (exact) mass is 327 g/mol. The SMILES string of the molecule is CN=C(NCc1ncc(-c2ccccc2)[nH]1)N1CCC(COC)C1. The van der Waals surface area contributed by atoms with Gasteiger partial charge in [-0.25, -0.2) is 4.98 Å². The number of hydrogen-bond donors (Lipinski definition) is 2. The van der Waals surface area contributed by atoms with Gasteiger partial charge in [-0.3, -0.25) is 4.99 Å². The highest BCUT2D eigenvalue weighted by molar-refractivity contribution is 5.80. The van der Waals surface area contributed by atoms with E-state index < -0.39 is 0 Å². The van der Waals surface area contributed by atoms with Crippen LogP contribution in [0.1, 0.15) is 12.2 Å². The molecule has 0 amide bonds. The number of ether oxygens (including phenoxy) is 1. The van der Waals surface area contributed by atoms with Gasteiger partial charge < -0.3 is 19.9 Å². The highest BCUT2D eigenvalue weighted by Crippen LogP contribution is 2.17. The Morgan fingerprint density at radius 1 is 1.42 bits per heavy atom. The van der Waals surface area contributed by atoms with Crippen LogP contribution in [0.25, 0.3) is 11.3 Å². The van der Waals surface area contributed by atoms with E-state index in [2.05, 4.69) is 37.3 Å². The first-order chi connectivity index (χ1) is 11.8. The molecule has 1 unspecified atom stereocenters. The molecule has 128 valence electrons. The van der Waals surface area contributed by atoms with Gasteiger partial charge in [0.15, 0.2) is 5.96 Å². The van der Waals surface area contributed by atoms with Crippen LogP contribution in [0.3, 0.4) is 0 Å². The number of guanidine groups is 1. The van der Waals surface area contributed by atoms with Crippen LogP contribution in [0.2, 0.25) is 0 Å². The van der Waals surface area contributed by atoms with Gasteiger partial charge in [-0.05, 0) is 12.0 Å². The topological polar surface area (TPSA) is 65.5 Å². The van der Waals surface area contributed by atoms with Crippen LogP contribution in [-0.4, -0.2) is 54.7 Å². The van der Waals surface area contributed by atoms with Crippen molar-refractivity contribution in [2.45, 2.75) is 13.0 Å². The fourth-order valence-electron chi connectivity index (χ4n) is 3.11.